The van der Waals surface area contributed by atoms with Crippen LogP contribution >= 0.6 is 11.3 Å². The summed E-state index contributed by atoms with van der Waals surface area (Å²) in [6, 6.07) is 9.33. The van der Waals surface area contributed by atoms with E-state index in [9.17, 15) is 4.79 Å². The highest BCUT2D eigenvalue weighted by molar-refractivity contribution is 7.09. The highest BCUT2D eigenvalue weighted by Crippen LogP contribution is 2.15. The van der Waals surface area contributed by atoms with Gasteiger partial charge in [-0.1, -0.05) is 30.3 Å². The molecular weight excluding hydrogens is 270 g/mol. The van der Waals surface area contributed by atoms with Crippen molar-refractivity contribution in [3.8, 4) is 0 Å². The summed E-state index contributed by atoms with van der Waals surface area (Å²) < 4.78 is 0. The standard InChI is InChI=1S/C15H19N3OS/c1-11-14(20-10-17-11)9-18(2)15(19)13(16)8-12-6-4-3-5-7-12/h3-7,10,13H,8-9,16H2,1-2H3/t13-/m1/s1. The van der Waals surface area contributed by atoms with Crippen molar-refractivity contribution in [2.45, 2.75) is 25.9 Å². The lowest BCUT2D eigenvalue weighted by molar-refractivity contribution is -0.131. The van der Waals surface area contributed by atoms with Crippen LogP contribution in [0.15, 0.2) is 35.8 Å². The van der Waals surface area contributed by atoms with Crippen LogP contribution in [0.25, 0.3) is 0 Å². The zero-order chi connectivity index (χ0) is 14.5. The lowest BCUT2D eigenvalue weighted by Crippen LogP contribution is -2.42. The lowest BCUT2D eigenvalue weighted by Gasteiger charge is -2.21. The number of aryl methyl sites for hydroxylation is 1. The molecule has 1 amide bonds. The monoisotopic (exact) mass is 289 g/mol. The summed E-state index contributed by atoms with van der Waals surface area (Å²) in [6.07, 6.45) is 0.561. The quantitative estimate of drug-likeness (QED) is 0.915. The summed E-state index contributed by atoms with van der Waals surface area (Å²) >= 11 is 1.57. The number of carbonyl (C=O) groups is 1. The van der Waals surface area contributed by atoms with E-state index in [4.69, 9.17) is 5.73 Å². The Labute approximate surface area is 123 Å². The largest absolute Gasteiger partial charge is 0.339 e. The Morgan fingerprint density at radius 1 is 1.40 bits per heavy atom. The van der Waals surface area contributed by atoms with Gasteiger partial charge in [-0.25, -0.2) is 4.98 Å². The number of amides is 1. The summed E-state index contributed by atoms with van der Waals surface area (Å²) in [5.74, 6) is -0.0401. The van der Waals surface area contributed by atoms with Gasteiger partial charge in [-0.15, -0.1) is 11.3 Å². The van der Waals surface area contributed by atoms with Crippen LogP contribution in [0.4, 0.5) is 0 Å². The maximum Gasteiger partial charge on any atom is 0.239 e. The molecule has 0 unspecified atom stereocenters. The first kappa shape index (κ1) is 14.7. The number of rotatable bonds is 5. The third kappa shape index (κ3) is 3.65. The normalized spacial score (nSPS) is 12.2. The third-order valence-electron chi connectivity index (χ3n) is 3.22. The van der Waals surface area contributed by atoms with Crippen LogP contribution in [-0.2, 0) is 17.8 Å². The van der Waals surface area contributed by atoms with Crippen molar-refractivity contribution in [3.05, 3.63) is 52.0 Å². The van der Waals surface area contributed by atoms with E-state index in [1.165, 1.54) is 0 Å². The number of aromatic nitrogens is 1. The average Bonchev–Trinajstić information content (AvgIpc) is 2.84. The van der Waals surface area contributed by atoms with Crippen molar-refractivity contribution in [2.24, 2.45) is 5.73 Å². The first-order valence-electron chi connectivity index (χ1n) is 6.51. The number of thiazole rings is 1. The molecule has 4 nitrogen and oxygen atoms in total. The average molecular weight is 289 g/mol. The second-order valence-electron chi connectivity index (χ2n) is 4.85. The van der Waals surface area contributed by atoms with E-state index in [0.717, 1.165) is 16.1 Å². The van der Waals surface area contributed by atoms with Crippen LogP contribution in [0, 0.1) is 6.92 Å². The van der Waals surface area contributed by atoms with Crippen molar-refractivity contribution in [2.75, 3.05) is 7.05 Å². The van der Waals surface area contributed by atoms with Crippen LogP contribution in [0.3, 0.4) is 0 Å². The van der Waals surface area contributed by atoms with Gasteiger partial charge >= 0.3 is 0 Å². The SMILES string of the molecule is Cc1ncsc1CN(C)C(=O)[C@H](N)Cc1ccccc1. The molecule has 0 aliphatic rings. The van der Waals surface area contributed by atoms with Gasteiger partial charge in [0.05, 0.1) is 23.8 Å². The molecule has 0 radical (unpaired) electrons. The predicted molar refractivity (Wildman–Crippen MR) is 81.4 cm³/mol. The van der Waals surface area contributed by atoms with Gasteiger partial charge in [0.25, 0.3) is 0 Å². The minimum absolute atomic E-state index is 0.0401. The maximum absolute atomic E-state index is 12.3. The van der Waals surface area contributed by atoms with Crippen LogP contribution in [0.1, 0.15) is 16.1 Å². The van der Waals surface area contributed by atoms with Crippen LogP contribution in [-0.4, -0.2) is 28.9 Å². The van der Waals surface area contributed by atoms with Gasteiger partial charge in [0, 0.05) is 11.9 Å². The zero-order valence-corrected chi connectivity index (χ0v) is 12.6. The topological polar surface area (TPSA) is 59.2 Å². The second-order valence-corrected chi connectivity index (χ2v) is 5.79. The Morgan fingerprint density at radius 3 is 2.70 bits per heavy atom. The Bertz CT molecular complexity index is 568. The maximum atomic E-state index is 12.3. The minimum atomic E-state index is -0.504. The molecule has 0 saturated carbocycles. The Hall–Kier alpha value is -1.72. The van der Waals surface area contributed by atoms with Gasteiger partial charge in [-0.2, -0.15) is 0 Å². The molecule has 0 aliphatic carbocycles. The van der Waals surface area contributed by atoms with Gasteiger partial charge in [0.2, 0.25) is 5.91 Å². The molecule has 2 aromatic rings. The molecule has 20 heavy (non-hydrogen) atoms. The molecular formula is C15H19N3OS. The fourth-order valence-corrected chi connectivity index (χ4v) is 2.84. The predicted octanol–water partition coefficient (Wildman–Crippen LogP) is 1.98. The molecule has 1 aromatic heterocycles. The molecule has 2 N–H and O–H groups in total. The molecule has 0 fully saturated rings. The van der Waals surface area contributed by atoms with Crippen molar-refractivity contribution in [1.82, 2.24) is 9.88 Å². The van der Waals surface area contributed by atoms with Crippen molar-refractivity contribution >= 4 is 17.2 Å². The zero-order valence-electron chi connectivity index (χ0n) is 11.7. The molecule has 0 bridgehead atoms. The molecule has 0 spiro atoms. The molecule has 0 aliphatic heterocycles. The summed E-state index contributed by atoms with van der Waals surface area (Å²) in [4.78, 5) is 19.2. The van der Waals surface area contributed by atoms with Gasteiger partial charge in [0.1, 0.15) is 0 Å². The highest BCUT2D eigenvalue weighted by atomic mass is 32.1. The fraction of sp³-hybridized carbons (Fsp3) is 0.333. The van der Waals surface area contributed by atoms with E-state index in [1.54, 1.807) is 28.8 Å². The molecule has 1 heterocycles. The Morgan fingerprint density at radius 2 is 2.10 bits per heavy atom. The number of nitrogens with two attached hydrogens (primary N) is 1. The van der Waals surface area contributed by atoms with Crippen LogP contribution in [0.5, 0.6) is 0 Å². The summed E-state index contributed by atoms with van der Waals surface area (Å²) in [5.41, 5.74) is 9.87. The number of carbonyl (C=O) groups excluding carboxylic acids is 1. The van der Waals surface area contributed by atoms with Gasteiger partial charge in [0.15, 0.2) is 0 Å². The van der Waals surface area contributed by atoms with Crippen LogP contribution < -0.4 is 5.73 Å². The number of benzene rings is 1. The number of hydrogen-bond donors (Lipinski definition) is 1. The van der Waals surface area contributed by atoms with Gasteiger partial charge in [-0.3, -0.25) is 4.79 Å². The van der Waals surface area contributed by atoms with Crippen molar-refractivity contribution < 1.29 is 4.79 Å². The summed E-state index contributed by atoms with van der Waals surface area (Å²) in [5, 5.41) is 0. The lowest BCUT2D eigenvalue weighted by atomic mass is 10.1. The van der Waals surface area contributed by atoms with Crippen molar-refractivity contribution in [1.29, 1.82) is 0 Å². The van der Waals surface area contributed by atoms with E-state index >= 15 is 0 Å². The Balaban J connectivity index is 1.94. The Kier molecular flexibility index (Phi) is 4.87. The molecule has 0 saturated heterocycles. The first-order chi connectivity index (χ1) is 9.58. The van der Waals surface area contributed by atoms with Gasteiger partial charge < -0.3 is 10.6 Å². The number of likely N-dealkylation sites (N-methyl/N-ethyl adjacent to an activating group) is 1. The molecule has 106 valence electrons. The van der Waals surface area contributed by atoms with E-state index in [1.807, 2.05) is 37.3 Å². The highest BCUT2D eigenvalue weighted by Gasteiger charge is 2.19. The van der Waals surface area contributed by atoms with Crippen LogP contribution in [0.2, 0.25) is 0 Å². The summed E-state index contributed by atoms with van der Waals surface area (Å²) in [7, 11) is 1.78. The van der Waals surface area contributed by atoms with Crippen molar-refractivity contribution in [3.63, 3.8) is 0 Å². The van der Waals surface area contributed by atoms with E-state index < -0.39 is 6.04 Å². The van der Waals surface area contributed by atoms with E-state index in [-0.39, 0.29) is 5.91 Å². The van der Waals surface area contributed by atoms with E-state index in [0.29, 0.717) is 13.0 Å². The van der Waals surface area contributed by atoms with E-state index in [2.05, 4.69) is 4.98 Å². The second kappa shape index (κ2) is 6.63. The molecule has 1 atom stereocenters. The summed E-state index contributed by atoms with van der Waals surface area (Å²) in [6.45, 7) is 2.52. The van der Waals surface area contributed by atoms with Gasteiger partial charge in [-0.05, 0) is 18.9 Å². The molecule has 2 rings (SSSR count). The third-order valence-corrected chi connectivity index (χ3v) is 4.14. The minimum Gasteiger partial charge on any atom is -0.339 e. The first-order valence-corrected chi connectivity index (χ1v) is 7.39. The smallest absolute Gasteiger partial charge is 0.239 e. The number of nitrogens with zero attached hydrogens (tertiary/aromatic N) is 2. The molecule has 5 heteroatoms. The molecule has 1 aromatic carbocycles. The number of hydrogen-bond acceptors (Lipinski definition) is 4. The fourth-order valence-electron chi connectivity index (χ4n) is 2.01.